The van der Waals surface area contributed by atoms with Gasteiger partial charge >= 0.3 is 6.09 Å². The molecule has 0 atom stereocenters. The Hall–Kier alpha value is -1.76. The first kappa shape index (κ1) is 17.6. The topological polar surface area (TPSA) is 47.6 Å². The highest BCUT2D eigenvalue weighted by atomic mass is 19.2. The Labute approximate surface area is 133 Å². The van der Waals surface area contributed by atoms with Gasteiger partial charge in [0.25, 0.3) is 0 Å². The van der Waals surface area contributed by atoms with Gasteiger partial charge in [-0.25, -0.2) is 18.0 Å². The number of hydrogen-bond donors (Lipinski definition) is 1. The summed E-state index contributed by atoms with van der Waals surface area (Å²) >= 11 is 0. The predicted molar refractivity (Wildman–Crippen MR) is 77.3 cm³/mol. The third kappa shape index (κ3) is 5.13. The molecular weight excluding hydrogens is 311 g/mol. The summed E-state index contributed by atoms with van der Waals surface area (Å²) in [4.78, 5) is 11.6. The molecule has 1 fully saturated rings. The summed E-state index contributed by atoms with van der Waals surface area (Å²) in [7, 11) is 0. The van der Waals surface area contributed by atoms with Crippen LogP contribution in [0.4, 0.5) is 18.0 Å². The Bertz CT molecular complexity index is 557. The summed E-state index contributed by atoms with van der Waals surface area (Å²) in [6.45, 7) is 5.32. The fourth-order valence-electron chi connectivity index (χ4n) is 2.20. The van der Waals surface area contributed by atoms with E-state index < -0.39 is 29.1 Å². The second-order valence-corrected chi connectivity index (χ2v) is 6.62. The molecule has 1 aromatic rings. The normalized spacial score (nSPS) is 20.8. The molecule has 1 aromatic carbocycles. The van der Waals surface area contributed by atoms with Crippen LogP contribution >= 0.6 is 0 Å². The molecule has 1 aliphatic carbocycles. The number of carbonyl (C=O) groups excluding carboxylic acids is 1. The molecule has 0 saturated heterocycles. The largest absolute Gasteiger partial charge is 0.444 e. The highest BCUT2D eigenvalue weighted by Crippen LogP contribution is 2.25. The lowest BCUT2D eigenvalue weighted by Gasteiger charge is -2.36. The minimum absolute atomic E-state index is 0.0159. The number of alkyl carbamates (subject to hydrolysis) is 1. The molecule has 2 rings (SSSR count). The molecule has 0 heterocycles. The molecule has 4 nitrogen and oxygen atoms in total. The summed E-state index contributed by atoms with van der Waals surface area (Å²) in [6.07, 6.45) is 0.575. The van der Waals surface area contributed by atoms with E-state index in [2.05, 4.69) is 5.32 Å². The van der Waals surface area contributed by atoms with Gasteiger partial charge in [0, 0.05) is 6.04 Å². The fraction of sp³-hybridized carbons (Fsp3) is 0.562. The molecule has 1 amide bonds. The second kappa shape index (κ2) is 6.78. The number of halogens is 3. The monoisotopic (exact) mass is 331 g/mol. The zero-order valence-corrected chi connectivity index (χ0v) is 13.3. The van der Waals surface area contributed by atoms with Crippen LogP contribution in [0, 0.1) is 17.5 Å². The third-order valence-electron chi connectivity index (χ3n) is 3.34. The number of nitrogens with one attached hydrogen (secondary N) is 1. The van der Waals surface area contributed by atoms with E-state index in [9.17, 15) is 18.0 Å². The van der Waals surface area contributed by atoms with Crippen LogP contribution in [0.15, 0.2) is 12.1 Å². The summed E-state index contributed by atoms with van der Waals surface area (Å²) in [5.41, 5.74) is -0.328. The van der Waals surface area contributed by atoms with E-state index in [-0.39, 0.29) is 24.3 Å². The molecule has 23 heavy (non-hydrogen) atoms. The third-order valence-corrected chi connectivity index (χ3v) is 3.34. The first-order valence-electron chi connectivity index (χ1n) is 7.38. The van der Waals surface area contributed by atoms with E-state index in [0.717, 1.165) is 12.1 Å². The first-order valence-corrected chi connectivity index (χ1v) is 7.38. The van der Waals surface area contributed by atoms with E-state index in [1.165, 1.54) is 0 Å². The Kier molecular flexibility index (Phi) is 5.19. The van der Waals surface area contributed by atoms with Crippen molar-refractivity contribution in [2.75, 3.05) is 0 Å². The number of rotatable bonds is 4. The van der Waals surface area contributed by atoms with E-state index >= 15 is 0 Å². The van der Waals surface area contributed by atoms with Gasteiger partial charge in [0.1, 0.15) is 5.60 Å². The Morgan fingerprint density at radius 1 is 1.22 bits per heavy atom. The van der Waals surface area contributed by atoms with Gasteiger partial charge in [-0.15, -0.1) is 0 Å². The van der Waals surface area contributed by atoms with Crippen LogP contribution in [0.25, 0.3) is 0 Å². The maximum Gasteiger partial charge on any atom is 0.407 e. The van der Waals surface area contributed by atoms with Crippen molar-refractivity contribution < 1.29 is 27.4 Å². The zero-order chi connectivity index (χ0) is 17.2. The van der Waals surface area contributed by atoms with Crippen molar-refractivity contribution in [1.29, 1.82) is 0 Å². The lowest BCUT2D eigenvalue weighted by atomic mass is 9.89. The van der Waals surface area contributed by atoms with Crippen molar-refractivity contribution in [3.63, 3.8) is 0 Å². The van der Waals surface area contributed by atoms with Gasteiger partial charge in [0.15, 0.2) is 17.5 Å². The molecule has 0 aliphatic heterocycles. The minimum atomic E-state index is -1.49. The molecule has 1 N–H and O–H groups in total. The van der Waals surface area contributed by atoms with Crippen molar-refractivity contribution >= 4 is 6.09 Å². The maximum atomic E-state index is 13.1. The molecule has 1 aliphatic rings. The molecular formula is C16H20F3NO3. The average Bonchev–Trinajstić information content (AvgIpc) is 2.36. The van der Waals surface area contributed by atoms with Gasteiger partial charge in [-0.2, -0.15) is 0 Å². The smallest absolute Gasteiger partial charge is 0.407 e. The standard InChI is InChI=1S/C16H20F3NO3/c1-16(2,3)23-15(21)20-10-6-11(7-10)22-8-9-4-12(17)14(19)13(18)5-9/h4-5,10-11H,6-8H2,1-3H3,(H,20,21)/t10-,11-. The number of benzene rings is 1. The molecule has 0 radical (unpaired) electrons. The van der Waals surface area contributed by atoms with Gasteiger partial charge in [-0.05, 0) is 51.3 Å². The van der Waals surface area contributed by atoms with Crippen LogP contribution in [0.1, 0.15) is 39.2 Å². The van der Waals surface area contributed by atoms with Gasteiger partial charge < -0.3 is 14.8 Å². The molecule has 0 unspecified atom stereocenters. The predicted octanol–water partition coefficient (Wildman–Crippen LogP) is 3.68. The van der Waals surface area contributed by atoms with Crippen LogP contribution in [0.5, 0.6) is 0 Å². The first-order chi connectivity index (χ1) is 10.6. The maximum absolute atomic E-state index is 13.1. The van der Waals surface area contributed by atoms with Gasteiger partial charge in [0.2, 0.25) is 0 Å². The van der Waals surface area contributed by atoms with E-state index in [0.29, 0.717) is 12.8 Å². The second-order valence-electron chi connectivity index (χ2n) is 6.62. The van der Waals surface area contributed by atoms with Crippen molar-refractivity contribution in [3.05, 3.63) is 35.1 Å². The Morgan fingerprint density at radius 3 is 2.30 bits per heavy atom. The van der Waals surface area contributed by atoms with Crippen molar-refractivity contribution in [2.24, 2.45) is 0 Å². The minimum Gasteiger partial charge on any atom is -0.444 e. The van der Waals surface area contributed by atoms with Gasteiger partial charge in [-0.3, -0.25) is 0 Å². The van der Waals surface area contributed by atoms with Crippen LogP contribution < -0.4 is 5.32 Å². The molecule has 1 saturated carbocycles. The highest BCUT2D eigenvalue weighted by Gasteiger charge is 2.32. The van der Waals surface area contributed by atoms with Crippen LogP contribution in [-0.2, 0) is 16.1 Å². The van der Waals surface area contributed by atoms with Gasteiger partial charge in [-0.1, -0.05) is 0 Å². The highest BCUT2D eigenvalue weighted by molar-refractivity contribution is 5.68. The summed E-state index contributed by atoms with van der Waals surface area (Å²) in [5.74, 6) is -3.96. The average molecular weight is 331 g/mol. The Morgan fingerprint density at radius 2 is 1.78 bits per heavy atom. The molecule has 0 aromatic heterocycles. The quantitative estimate of drug-likeness (QED) is 0.856. The lowest BCUT2D eigenvalue weighted by molar-refractivity contribution is -0.0292. The summed E-state index contributed by atoms with van der Waals surface area (Å²) in [6, 6.07) is 1.78. The van der Waals surface area contributed by atoms with Crippen LogP contribution in [0.2, 0.25) is 0 Å². The number of hydrogen-bond acceptors (Lipinski definition) is 3. The Balaban J connectivity index is 1.72. The SMILES string of the molecule is CC(C)(C)OC(=O)N[C@H]1C[C@H](OCc2cc(F)c(F)c(F)c2)C1. The lowest BCUT2D eigenvalue weighted by Crippen LogP contribution is -2.49. The molecule has 128 valence electrons. The zero-order valence-electron chi connectivity index (χ0n) is 13.3. The van der Waals surface area contributed by atoms with Crippen LogP contribution in [-0.4, -0.2) is 23.8 Å². The number of ether oxygens (including phenoxy) is 2. The summed E-state index contributed by atoms with van der Waals surface area (Å²) < 4.78 is 49.6. The van der Waals surface area contributed by atoms with Gasteiger partial charge in [0.05, 0.1) is 12.7 Å². The number of amides is 1. The summed E-state index contributed by atoms with van der Waals surface area (Å²) in [5, 5.41) is 2.72. The van der Waals surface area contributed by atoms with Crippen LogP contribution in [0.3, 0.4) is 0 Å². The molecule has 0 spiro atoms. The van der Waals surface area contributed by atoms with E-state index in [4.69, 9.17) is 9.47 Å². The van der Waals surface area contributed by atoms with E-state index in [1.54, 1.807) is 20.8 Å². The van der Waals surface area contributed by atoms with E-state index in [1.807, 2.05) is 0 Å². The number of carbonyl (C=O) groups is 1. The fourth-order valence-corrected chi connectivity index (χ4v) is 2.20. The van der Waals surface area contributed by atoms with Crippen molar-refractivity contribution in [1.82, 2.24) is 5.32 Å². The molecule has 7 heteroatoms. The van der Waals surface area contributed by atoms with Crippen molar-refractivity contribution in [2.45, 2.75) is 58.0 Å². The van der Waals surface area contributed by atoms with Crippen molar-refractivity contribution in [3.8, 4) is 0 Å². The molecule has 0 bridgehead atoms.